The van der Waals surface area contributed by atoms with Gasteiger partial charge in [0.25, 0.3) is 0 Å². The van der Waals surface area contributed by atoms with Gasteiger partial charge in [0.15, 0.2) is 5.96 Å². The summed E-state index contributed by atoms with van der Waals surface area (Å²) in [4.78, 5) is 16.2. The summed E-state index contributed by atoms with van der Waals surface area (Å²) < 4.78 is 0. The Morgan fingerprint density at radius 3 is 2.56 bits per heavy atom. The molecule has 0 saturated heterocycles. The fourth-order valence-electron chi connectivity index (χ4n) is 3.05. The SMILES string of the molecule is CN=C(NCCC(=O)NC1CCCCC1)NCc1ccccc1C.I. The number of nitrogens with one attached hydrogen (secondary N) is 3. The predicted molar refractivity (Wildman–Crippen MR) is 114 cm³/mol. The number of aliphatic imine (C=N–C) groups is 1. The van der Waals surface area contributed by atoms with Crippen LogP contribution in [0.3, 0.4) is 0 Å². The first kappa shape index (κ1) is 21.7. The molecule has 1 aliphatic carbocycles. The molecule has 0 aliphatic heterocycles. The summed E-state index contributed by atoms with van der Waals surface area (Å²) >= 11 is 0. The lowest BCUT2D eigenvalue weighted by molar-refractivity contribution is -0.121. The smallest absolute Gasteiger partial charge is 0.221 e. The van der Waals surface area contributed by atoms with Gasteiger partial charge in [0, 0.05) is 32.6 Å². The molecule has 140 valence electrons. The van der Waals surface area contributed by atoms with Crippen LogP contribution in [0.25, 0.3) is 0 Å². The lowest BCUT2D eigenvalue weighted by Gasteiger charge is -2.22. The van der Waals surface area contributed by atoms with E-state index in [1.807, 2.05) is 12.1 Å². The van der Waals surface area contributed by atoms with Crippen molar-refractivity contribution in [2.45, 2.75) is 58.0 Å². The number of benzene rings is 1. The zero-order chi connectivity index (χ0) is 17.2. The summed E-state index contributed by atoms with van der Waals surface area (Å²) in [5, 5.41) is 9.63. The highest BCUT2D eigenvalue weighted by Gasteiger charge is 2.15. The van der Waals surface area contributed by atoms with Crippen LogP contribution in [0.5, 0.6) is 0 Å². The van der Waals surface area contributed by atoms with Gasteiger partial charge in [0.1, 0.15) is 0 Å². The Balaban J connectivity index is 0.00000312. The summed E-state index contributed by atoms with van der Waals surface area (Å²) in [5.74, 6) is 0.854. The third-order valence-electron chi connectivity index (χ3n) is 4.55. The lowest BCUT2D eigenvalue weighted by Crippen LogP contribution is -2.41. The van der Waals surface area contributed by atoms with Crippen LogP contribution < -0.4 is 16.0 Å². The van der Waals surface area contributed by atoms with E-state index < -0.39 is 0 Å². The fraction of sp³-hybridized carbons (Fsp3) is 0.579. The third kappa shape index (κ3) is 8.07. The molecule has 0 radical (unpaired) electrons. The molecule has 1 amide bonds. The van der Waals surface area contributed by atoms with Gasteiger partial charge in [0.2, 0.25) is 5.91 Å². The Kier molecular flexibility index (Phi) is 10.5. The van der Waals surface area contributed by atoms with Crippen molar-refractivity contribution in [1.29, 1.82) is 0 Å². The molecule has 25 heavy (non-hydrogen) atoms. The van der Waals surface area contributed by atoms with E-state index in [1.165, 1.54) is 30.4 Å². The maximum atomic E-state index is 12.0. The van der Waals surface area contributed by atoms with Crippen LogP contribution >= 0.6 is 24.0 Å². The van der Waals surface area contributed by atoms with Gasteiger partial charge in [0.05, 0.1) is 0 Å². The number of guanidine groups is 1. The van der Waals surface area contributed by atoms with Crippen molar-refractivity contribution < 1.29 is 4.79 Å². The van der Waals surface area contributed by atoms with E-state index in [0.717, 1.165) is 25.3 Å². The zero-order valence-corrected chi connectivity index (χ0v) is 17.6. The summed E-state index contributed by atoms with van der Waals surface area (Å²) in [5.41, 5.74) is 2.50. The van der Waals surface area contributed by atoms with Crippen LogP contribution in [-0.4, -0.2) is 31.5 Å². The molecular formula is C19H31IN4O. The lowest BCUT2D eigenvalue weighted by atomic mass is 9.95. The molecule has 1 aliphatic rings. The number of halogens is 1. The van der Waals surface area contributed by atoms with Crippen LogP contribution in [0, 0.1) is 6.92 Å². The quantitative estimate of drug-likeness (QED) is 0.349. The normalized spacial score (nSPS) is 15.2. The second-order valence-corrected chi connectivity index (χ2v) is 6.43. The van der Waals surface area contributed by atoms with E-state index in [2.05, 4.69) is 40.0 Å². The van der Waals surface area contributed by atoms with E-state index in [4.69, 9.17) is 0 Å². The van der Waals surface area contributed by atoms with Crippen LogP contribution in [0.2, 0.25) is 0 Å². The monoisotopic (exact) mass is 458 g/mol. The van der Waals surface area contributed by atoms with Gasteiger partial charge < -0.3 is 16.0 Å². The van der Waals surface area contributed by atoms with Crippen molar-refractivity contribution in [2.24, 2.45) is 4.99 Å². The molecule has 0 bridgehead atoms. The minimum atomic E-state index is 0. The number of hydrogen-bond acceptors (Lipinski definition) is 2. The highest BCUT2D eigenvalue weighted by Crippen LogP contribution is 2.17. The molecule has 0 atom stereocenters. The standard InChI is InChI=1S/C19H30N4O.HI/c1-15-8-6-7-9-16(15)14-22-19(20-2)21-13-12-18(24)23-17-10-4-3-5-11-17;/h6-9,17H,3-5,10-14H2,1-2H3,(H,23,24)(H2,20,21,22);1H. The molecule has 0 spiro atoms. The third-order valence-corrected chi connectivity index (χ3v) is 4.55. The molecule has 0 unspecified atom stereocenters. The Hall–Kier alpha value is -1.31. The number of hydrogen-bond donors (Lipinski definition) is 3. The van der Waals surface area contributed by atoms with E-state index in [-0.39, 0.29) is 29.9 Å². The van der Waals surface area contributed by atoms with Crippen molar-refractivity contribution in [1.82, 2.24) is 16.0 Å². The van der Waals surface area contributed by atoms with Crippen molar-refractivity contribution in [3.8, 4) is 0 Å². The van der Waals surface area contributed by atoms with Crippen LogP contribution in [0.4, 0.5) is 0 Å². The first-order valence-electron chi connectivity index (χ1n) is 8.97. The van der Waals surface area contributed by atoms with Gasteiger partial charge in [-0.2, -0.15) is 0 Å². The molecule has 0 aromatic heterocycles. The largest absolute Gasteiger partial charge is 0.356 e. The van der Waals surface area contributed by atoms with Gasteiger partial charge in [-0.15, -0.1) is 24.0 Å². The number of rotatable bonds is 6. The molecule has 1 fully saturated rings. The van der Waals surface area contributed by atoms with Crippen molar-refractivity contribution in [3.63, 3.8) is 0 Å². The summed E-state index contributed by atoms with van der Waals surface area (Å²) in [6, 6.07) is 8.66. The molecule has 3 N–H and O–H groups in total. The molecular weight excluding hydrogens is 427 g/mol. The number of aryl methyl sites for hydroxylation is 1. The van der Waals surface area contributed by atoms with Gasteiger partial charge in [-0.25, -0.2) is 0 Å². The first-order chi connectivity index (χ1) is 11.7. The number of carbonyl (C=O) groups excluding carboxylic acids is 1. The van der Waals surface area contributed by atoms with Crippen LogP contribution in [0.1, 0.15) is 49.7 Å². The molecule has 0 heterocycles. The molecule has 2 rings (SSSR count). The Labute approximate surface area is 168 Å². The molecule has 6 heteroatoms. The van der Waals surface area contributed by atoms with E-state index >= 15 is 0 Å². The van der Waals surface area contributed by atoms with Crippen molar-refractivity contribution in [3.05, 3.63) is 35.4 Å². The van der Waals surface area contributed by atoms with Gasteiger partial charge in [-0.1, -0.05) is 43.5 Å². The zero-order valence-electron chi connectivity index (χ0n) is 15.3. The summed E-state index contributed by atoms with van der Waals surface area (Å²) in [6.07, 6.45) is 6.49. The number of nitrogens with zero attached hydrogens (tertiary/aromatic N) is 1. The van der Waals surface area contributed by atoms with Gasteiger partial charge >= 0.3 is 0 Å². The van der Waals surface area contributed by atoms with Gasteiger partial charge in [-0.3, -0.25) is 9.79 Å². The maximum Gasteiger partial charge on any atom is 0.221 e. The highest BCUT2D eigenvalue weighted by atomic mass is 127. The number of amides is 1. The Bertz CT molecular complexity index is 556. The van der Waals surface area contributed by atoms with Crippen LogP contribution in [0.15, 0.2) is 29.3 Å². The first-order valence-corrected chi connectivity index (χ1v) is 8.97. The summed E-state index contributed by atoms with van der Waals surface area (Å²) in [6.45, 7) is 3.41. The Morgan fingerprint density at radius 1 is 1.16 bits per heavy atom. The van der Waals surface area contributed by atoms with Crippen molar-refractivity contribution in [2.75, 3.05) is 13.6 Å². The minimum absolute atomic E-state index is 0. The second-order valence-electron chi connectivity index (χ2n) is 6.43. The summed E-state index contributed by atoms with van der Waals surface area (Å²) in [7, 11) is 1.75. The maximum absolute atomic E-state index is 12.0. The molecule has 1 saturated carbocycles. The van der Waals surface area contributed by atoms with E-state index in [0.29, 0.717) is 19.0 Å². The molecule has 1 aromatic rings. The molecule has 1 aromatic carbocycles. The topological polar surface area (TPSA) is 65.5 Å². The van der Waals surface area contributed by atoms with E-state index in [9.17, 15) is 4.79 Å². The number of carbonyl (C=O) groups is 1. The predicted octanol–water partition coefficient (Wildman–Crippen LogP) is 3.12. The Morgan fingerprint density at radius 2 is 1.88 bits per heavy atom. The highest BCUT2D eigenvalue weighted by molar-refractivity contribution is 14.0. The average Bonchev–Trinajstić information content (AvgIpc) is 2.60. The fourth-order valence-corrected chi connectivity index (χ4v) is 3.05. The van der Waals surface area contributed by atoms with Crippen LogP contribution in [-0.2, 0) is 11.3 Å². The van der Waals surface area contributed by atoms with Crippen molar-refractivity contribution >= 4 is 35.8 Å². The van der Waals surface area contributed by atoms with E-state index in [1.54, 1.807) is 7.05 Å². The van der Waals surface area contributed by atoms with Gasteiger partial charge in [-0.05, 0) is 30.9 Å². The molecule has 5 nitrogen and oxygen atoms in total. The average molecular weight is 458 g/mol. The minimum Gasteiger partial charge on any atom is -0.356 e. The second kappa shape index (κ2) is 12.1.